The van der Waals surface area contributed by atoms with Gasteiger partial charge in [0.2, 0.25) is 0 Å². The Hall–Kier alpha value is -2.54. The number of hydrogen-bond acceptors (Lipinski definition) is 5. The molecule has 22 heavy (non-hydrogen) atoms. The van der Waals surface area contributed by atoms with Crippen LogP contribution in [0.5, 0.6) is 0 Å². The van der Waals surface area contributed by atoms with Crippen LogP contribution in [0.3, 0.4) is 0 Å². The summed E-state index contributed by atoms with van der Waals surface area (Å²) in [5.41, 5.74) is 2.47. The Kier molecular flexibility index (Phi) is 3.72. The summed E-state index contributed by atoms with van der Waals surface area (Å²) >= 11 is 0. The van der Waals surface area contributed by atoms with Crippen LogP contribution in [0.25, 0.3) is 11.4 Å². The number of aromatic amines is 1. The van der Waals surface area contributed by atoms with Crippen molar-refractivity contribution in [1.29, 1.82) is 0 Å². The van der Waals surface area contributed by atoms with Crippen LogP contribution >= 0.6 is 0 Å². The molecule has 0 radical (unpaired) electrons. The Morgan fingerprint density at radius 2 is 1.82 bits per heavy atom. The highest BCUT2D eigenvalue weighted by atomic mass is 32.2. The number of H-pyrrole nitrogens is 1. The molecule has 1 aromatic heterocycles. The van der Waals surface area contributed by atoms with Gasteiger partial charge in [0.1, 0.15) is 0 Å². The van der Waals surface area contributed by atoms with E-state index in [-0.39, 0.29) is 4.90 Å². The predicted octanol–water partition coefficient (Wildman–Crippen LogP) is 1.86. The summed E-state index contributed by atoms with van der Waals surface area (Å²) in [6, 6.07) is 15.0. The van der Waals surface area contributed by atoms with Crippen molar-refractivity contribution >= 4 is 9.84 Å². The van der Waals surface area contributed by atoms with E-state index in [1.165, 1.54) is 6.26 Å². The molecule has 0 bridgehead atoms. The molecule has 0 aliphatic carbocycles. The lowest BCUT2D eigenvalue weighted by Gasteiger charge is -2.11. The summed E-state index contributed by atoms with van der Waals surface area (Å²) in [6.07, 6.45) is 1.78. The van der Waals surface area contributed by atoms with Gasteiger partial charge in [0.05, 0.1) is 4.90 Å². The third kappa shape index (κ3) is 2.89. The highest BCUT2D eigenvalue weighted by Crippen LogP contribution is 2.29. The Balaban J connectivity index is 2.18. The Morgan fingerprint density at radius 1 is 1.05 bits per heavy atom. The van der Waals surface area contributed by atoms with Crippen molar-refractivity contribution in [2.24, 2.45) is 0 Å². The van der Waals surface area contributed by atoms with E-state index in [0.717, 1.165) is 11.1 Å². The number of nitrogens with one attached hydrogen (secondary N) is 1. The largest absolute Gasteiger partial charge is 0.239 e. The molecule has 0 unspecified atom stereocenters. The first kappa shape index (κ1) is 14.4. The van der Waals surface area contributed by atoms with E-state index < -0.39 is 9.84 Å². The average Bonchev–Trinajstić information content (AvgIpc) is 3.01. The van der Waals surface area contributed by atoms with E-state index in [2.05, 4.69) is 20.6 Å². The van der Waals surface area contributed by atoms with Crippen LogP contribution in [-0.2, 0) is 16.3 Å². The fourth-order valence-electron chi connectivity index (χ4n) is 2.38. The van der Waals surface area contributed by atoms with Gasteiger partial charge in [-0.3, -0.25) is 0 Å². The van der Waals surface area contributed by atoms with Crippen molar-refractivity contribution in [3.63, 3.8) is 0 Å². The molecule has 0 amide bonds. The molecule has 0 spiro atoms. The predicted molar refractivity (Wildman–Crippen MR) is 82.0 cm³/mol. The van der Waals surface area contributed by atoms with Gasteiger partial charge in [-0.05, 0) is 34.0 Å². The minimum atomic E-state index is -3.39. The molecular weight excluding hydrogens is 300 g/mol. The van der Waals surface area contributed by atoms with Gasteiger partial charge >= 0.3 is 0 Å². The minimum absolute atomic E-state index is 0.222. The molecule has 3 rings (SSSR count). The highest BCUT2D eigenvalue weighted by Gasteiger charge is 2.20. The first-order valence-corrected chi connectivity index (χ1v) is 8.55. The van der Waals surface area contributed by atoms with E-state index in [4.69, 9.17) is 0 Å². The number of nitrogens with zero attached hydrogens (tertiary/aromatic N) is 3. The van der Waals surface area contributed by atoms with Crippen molar-refractivity contribution in [3.05, 3.63) is 59.7 Å². The van der Waals surface area contributed by atoms with E-state index in [9.17, 15) is 8.42 Å². The summed E-state index contributed by atoms with van der Waals surface area (Å²) in [6.45, 7) is 0. The fraction of sp³-hybridized carbons (Fsp3) is 0.133. The number of aromatic nitrogens is 4. The third-order valence-corrected chi connectivity index (χ3v) is 4.47. The van der Waals surface area contributed by atoms with Gasteiger partial charge in [0, 0.05) is 11.8 Å². The third-order valence-electron chi connectivity index (χ3n) is 3.33. The van der Waals surface area contributed by atoms with Gasteiger partial charge in [-0.25, -0.2) is 13.5 Å². The summed E-state index contributed by atoms with van der Waals surface area (Å²) in [5.74, 6) is 0.354. The van der Waals surface area contributed by atoms with Crippen LogP contribution < -0.4 is 0 Å². The van der Waals surface area contributed by atoms with E-state index in [1.807, 2.05) is 36.4 Å². The van der Waals surface area contributed by atoms with Crippen molar-refractivity contribution in [2.75, 3.05) is 6.26 Å². The maximum Gasteiger partial charge on any atom is 0.181 e. The van der Waals surface area contributed by atoms with Gasteiger partial charge < -0.3 is 0 Å². The van der Waals surface area contributed by atoms with E-state index in [0.29, 0.717) is 17.8 Å². The number of benzene rings is 2. The van der Waals surface area contributed by atoms with E-state index >= 15 is 0 Å². The maximum absolute atomic E-state index is 12.1. The fourth-order valence-corrected chi connectivity index (χ4v) is 3.31. The van der Waals surface area contributed by atoms with Crippen molar-refractivity contribution < 1.29 is 8.42 Å². The summed E-state index contributed by atoms with van der Waals surface area (Å²) in [4.78, 5) is 0.222. The molecular formula is C15H14N4O2S. The molecule has 0 aliphatic heterocycles. The smallest absolute Gasteiger partial charge is 0.181 e. The second kappa shape index (κ2) is 5.69. The second-order valence-corrected chi connectivity index (χ2v) is 6.96. The van der Waals surface area contributed by atoms with Crippen LogP contribution in [0.2, 0.25) is 0 Å². The van der Waals surface area contributed by atoms with Gasteiger partial charge in [-0.2, -0.15) is 0 Å². The zero-order valence-corrected chi connectivity index (χ0v) is 12.7. The van der Waals surface area contributed by atoms with Crippen LogP contribution in [0.4, 0.5) is 0 Å². The zero-order valence-electron chi connectivity index (χ0n) is 11.9. The van der Waals surface area contributed by atoms with Crippen LogP contribution in [0.15, 0.2) is 53.4 Å². The van der Waals surface area contributed by atoms with Crippen LogP contribution in [0.1, 0.15) is 11.1 Å². The second-order valence-electron chi connectivity index (χ2n) is 4.97. The molecule has 0 fully saturated rings. The molecule has 0 aliphatic rings. The Morgan fingerprint density at radius 3 is 2.45 bits per heavy atom. The van der Waals surface area contributed by atoms with Crippen LogP contribution in [-0.4, -0.2) is 35.3 Å². The number of sulfone groups is 1. The average molecular weight is 314 g/mol. The number of hydrogen-bond donors (Lipinski definition) is 1. The number of rotatable bonds is 4. The molecule has 1 N–H and O–H groups in total. The molecule has 2 aromatic carbocycles. The maximum atomic E-state index is 12.1. The molecule has 1 heterocycles. The molecule has 112 valence electrons. The molecule has 0 saturated carbocycles. The molecule has 0 atom stereocenters. The summed E-state index contributed by atoms with van der Waals surface area (Å²) in [5, 5.41) is 13.6. The van der Waals surface area contributed by atoms with Gasteiger partial charge in [0.15, 0.2) is 15.7 Å². The lowest BCUT2D eigenvalue weighted by molar-refractivity contribution is 0.602. The SMILES string of the molecule is CS(=O)(=O)c1cccc(Cc2ccccc2)c1-c1nnn[nH]1. The molecule has 3 aromatic rings. The van der Waals surface area contributed by atoms with Gasteiger partial charge in [0.25, 0.3) is 0 Å². The quantitative estimate of drug-likeness (QED) is 0.794. The zero-order chi connectivity index (χ0) is 15.6. The lowest BCUT2D eigenvalue weighted by atomic mass is 9.99. The standard InChI is InChI=1S/C15H14N4O2S/c1-22(20,21)13-9-5-8-12(10-11-6-3-2-4-7-11)14(13)15-16-18-19-17-15/h2-9H,10H2,1H3,(H,16,17,18,19). The summed E-state index contributed by atoms with van der Waals surface area (Å²) < 4.78 is 24.1. The Bertz CT molecular complexity index is 875. The molecule has 0 saturated heterocycles. The van der Waals surface area contributed by atoms with Crippen molar-refractivity contribution in [3.8, 4) is 11.4 Å². The Labute approximate surface area is 128 Å². The van der Waals surface area contributed by atoms with Crippen molar-refractivity contribution in [1.82, 2.24) is 20.6 Å². The first-order chi connectivity index (χ1) is 10.6. The first-order valence-electron chi connectivity index (χ1n) is 6.65. The molecule has 7 heteroatoms. The van der Waals surface area contributed by atoms with Gasteiger partial charge in [-0.15, -0.1) is 5.10 Å². The van der Waals surface area contributed by atoms with Gasteiger partial charge in [-0.1, -0.05) is 42.5 Å². The normalized spacial score (nSPS) is 11.5. The number of tetrazole rings is 1. The monoisotopic (exact) mass is 314 g/mol. The molecule has 6 nitrogen and oxygen atoms in total. The van der Waals surface area contributed by atoms with Crippen LogP contribution in [0, 0.1) is 0 Å². The minimum Gasteiger partial charge on any atom is -0.239 e. The lowest BCUT2D eigenvalue weighted by Crippen LogP contribution is -2.04. The van der Waals surface area contributed by atoms with Crippen molar-refractivity contribution in [2.45, 2.75) is 11.3 Å². The highest BCUT2D eigenvalue weighted by molar-refractivity contribution is 7.90. The summed E-state index contributed by atoms with van der Waals surface area (Å²) in [7, 11) is -3.39. The topological polar surface area (TPSA) is 88.6 Å². The van der Waals surface area contributed by atoms with E-state index in [1.54, 1.807) is 12.1 Å².